The van der Waals surface area contributed by atoms with Gasteiger partial charge in [-0.05, 0) is 74.7 Å². The van der Waals surface area contributed by atoms with Gasteiger partial charge in [-0.2, -0.15) is 0 Å². The first-order valence-electron chi connectivity index (χ1n) is 12.7. The molecular formula is C29H30N4O4S. The minimum atomic E-state index is -3.88. The molecule has 38 heavy (non-hydrogen) atoms. The van der Waals surface area contributed by atoms with Gasteiger partial charge in [-0.15, -0.1) is 0 Å². The second kappa shape index (κ2) is 10.9. The number of anilines is 1. The van der Waals surface area contributed by atoms with Crippen molar-refractivity contribution in [3.05, 3.63) is 95.9 Å². The number of nitrogens with one attached hydrogen (secondary N) is 1. The molecule has 1 aliphatic rings. The van der Waals surface area contributed by atoms with Gasteiger partial charge in [0.15, 0.2) is 0 Å². The van der Waals surface area contributed by atoms with Gasteiger partial charge in [-0.1, -0.05) is 24.3 Å². The fourth-order valence-corrected chi connectivity index (χ4v) is 6.22. The Morgan fingerprint density at radius 2 is 1.74 bits per heavy atom. The number of carbonyl (C=O) groups is 1. The summed E-state index contributed by atoms with van der Waals surface area (Å²) in [7, 11) is -3.88. The monoisotopic (exact) mass is 530 g/mol. The van der Waals surface area contributed by atoms with Crippen LogP contribution in [0.4, 0.5) is 5.69 Å². The average molecular weight is 531 g/mol. The van der Waals surface area contributed by atoms with Crippen molar-refractivity contribution in [2.75, 3.05) is 17.8 Å². The summed E-state index contributed by atoms with van der Waals surface area (Å²) in [6, 6.07) is 20.8. The Morgan fingerprint density at radius 1 is 0.974 bits per heavy atom. The molecule has 0 bridgehead atoms. The molecule has 2 unspecified atom stereocenters. The SMILES string of the molecule is Cc1cccc(C2CCCN(C(=O)c3ccc(NS(=O)(=O)c4cccc5cccnc45)cc3)CCC2O)n1. The topological polar surface area (TPSA) is 112 Å². The molecule has 2 atom stereocenters. The number of rotatable bonds is 5. The Labute approximate surface area is 222 Å². The van der Waals surface area contributed by atoms with Crippen LogP contribution in [-0.4, -0.2) is 53.5 Å². The molecule has 1 fully saturated rings. The molecule has 1 saturated heterocycles. The molecule has 3 heterocycles. The predicted octanol–water partition coefficient (Wildman–Crippen LogP) is 4.51. The zero-order valence-electron chi connectivity index (χ0n) is 21.1. The van der Waals surface area contributed by atoms with E-state index >= 15 is 0 Å². The summed E-state index contributed by atoms with van der Waals surface area (Å²) >= 11 is 0. The molecule has 2 aromatic carbocycles. The molecule has 2 N–H and O–H groups in total. The number of para-hydroxylation sites is 1. The number of fused-ring (bicyclic) bond motifs is 1. The van der Waals surface area contributed by atoms with E-state index in [0.29, 0.717) is 36.3 Å². The maximum absolute atomic E-state index is 13.2. The summed E-state index contributed by atoms with van der Waals surface area (Å²) in [5, 5.41) is 11.6. The van der Waals surface area contributed by atoms with Gasteiger partial charge in [0.2, 0.25) is 0 Å². The highest BCUT2D eigenvalue weighted by Crippen LogP contribution is 2.29. The molecule has 9 heteroatoms. The van der Waals surface area contributed by atoms with Crippen LogP contribution < -0.4 is 4.72 Å². The number of sulfonamides is 1. The number of hydrogen-bond acceptors (Lipinski definition) is 6. The average Bonchev–Trinajstić information content (AvgIpc) is 2.91. The Morgan fingerprint density at radius 3 is 2.53 bits per heavy atom. The molecule has 5 rings (SSSR count). The molecule has 0 radical (unpaired) electrons. The van der Waals surface area contributed by atoms with Gasteiger partial charge in [0, 0.05) is 53.2 Å². The van der Waals surface area contributed by atoms with Gasteiger partial charge in [0.05, 0.1) is 11.6 Å². The maximum atomic E-state index is 13.2. The van der Waals surface area contributed by atoms with Crippen LogP contribution >= 0.6 is 0 Å². The normalized spacial score (nSPS) is 18.5. The van der Waals surface area contributed by atoms with Gasteiger partial charge in [0.25, 0.3) is 15.9 Å². The Bertz CT molecular complexity index is 1550. The lowest BCUT2D eigenvalue weighted by Crippen LogP contribution is -2.38. The number of likely N-dealkylation sites (tertiary alicyclic amines) is 1. The molecule has 4 aromatic rings. The summed E-state index contributed by atoms with van der Waals surface area (Å²) in [6.07, 6.45) is 2.93. The van der Waals surface area contributed by atoms with E-state index in [-0.39, 0.29) is 16.7 Å². The van der Waals surface area contributed by atoms with Crippen LogP contribution in [0.5, 0.6) is 0 Å². The van der Waals surface area contributed by atoms with Crippen molar-refractivity contribution in [1.29, 1.82) is 0 Å². The van der Waals surface area contributed by atoms with Crippen LogP contribution in [0.3, 0.4) is 0 Å². The van der Waals surface area contributed by atoms with Crippen LogP contribution in [0.1, 0.15) is 46.9 Å². The van der Waals surface area contributed by atoms with E-state index in [1.54, 1.807) is 47.5 Å². The predicted molar refractivity (Wildman–Crippen MR) is 146 cm³/mol. The summed E-state index contributed by atoms with van der Waals surface area (Å²) in [6.45, 7) is 2.96. The second-order valence-corrected chi connectivity index (χ2v) is 11.3. The Hall–Kier alpha value is -3.82. The lowest BCUT2D eigenvalue weighted by atomic mass is 9.89. The summed E-state index contributed by atoms with van der Waals surface area (Å²) < 4.78 is 28.7. The number of aliphatic hydroxyl groups is 1. The number of pyridine rings is 2. The molecule has 1 amide bonds. The molecule has 8 nitrogen and oxygen atoms in total. The largest absolute Gasteiger partial charge is 0.392 e. The van der Waals surface area contributed by atoms with Crippen LogP contribution in [0, 0.1) is 6.92 Å². The van der Waals surface area contributed by atoms with Crippen molar-refractivity contribution in [1.82, 2.24) is 14.9 Å². The van der Waals surface area contributed by atoms with Gasteiger partial charge in [0.1, 0.15) is 4.90 Å². The van der Waals surface area contributed by atoms with Gasteiger partial charge < -0.3 is 10.0 Å². The number of aliphatic hydroxyl groups excluding tert-OH is 1. The third-order valence-electron chi connectivity index (χ3n) is 6.95. The zero-order chi connectivity index (χ0) is 26.7. The van der Waals surface area contributed by atoms with Crippen molar-refractivity contribution in [2.24, 2.45) is 0 Å². The second-order valence-electron chi connectivity index (χ2n) is 9.61. The third kappa shape index (κ3) is 5.54. The lowest BCUT2D eigenvalue weighted by Gasteiger charge is -2.31. The summed E-state index contributed by atoms with van der Waals surface area (Å²) in [4.78, 5) is 23.9. The van der Waals surface area contributed by atoms with Gasteiger partial charge in [-0.25, -0.2) is 8.42 Å². The maximum Gasteiger partial charge on any atom is 0.264 e. The van der Waals surface area contributed by atoms with Gasteiger partial charge in [-0.3, -0.25) is 19.5 Å². The van der Waals surface area contributed by atoms with Crippen LogP contribution in [-0.2, 0) is 10.0 Å². The summed E-state index contributed by atoms with van der Waals surface area (Å²) in [5.74, 6) is -0.187. The van der Waals surface area contributed by atoms with E-state index in [9.17, 15) is 18.3 Å². The first-order chi connectivity index (χ1) is 18.3. The first-order valence-corrected chi connectivity index (χ1v) is 14.2. The highest BCUT2D eigenvalue weighted by molar-refractivity contribution is 7.93. The minimum absolute atomic E-state index is 0.0450. The molecule has 2 aromatic heterocycles. The molecule has 1 aliphatic heterocycles. The minimum Gasteiger partial charge on any atom is -0.392 e. The Kier molecular flexibility index (Phi) is 7.40. The van der Waals surface area contributed by atoms with E-state index in [1.807, 2.05) is 37.3 Å². The fraction of sp³-hybridized carbons (Fsp3) is 0.276. The number of aromatic nitrogens is 2. The molecular weight excluding hydrogens is 500 g/mol. The van der Waals surface area contributed by atoms with E-state index in [0.717, 1.165) is 29.6 Å². The highest BCUT2D eigenvalue weighted by atomic mass is 32.2. The van der Waals surface area contributed by atoms with Crippen molar-refractivity contribution in [2.45, 2.75) is 43.1 Å². The highest BCUT2D eigenvalue weighted by Gasteiger charge is 2.27. The smallest absolute Gasteiger partial charge is 0.264 e. The van der Waals surface area contributed by atoms with Crippen molar-refractivity contribution >= 4 is 32.5 Å². The van der Waals surface area contributed by atoms with Crippen LogP contribution in [0.25, 0.3) is 10.9 Å². The fourth-order valence-electron chi connectivity index (χ4n) is 4.98. The van der Waals surface area contributed by atoms with Crippen molar-refractivity contribution in [3.8, 4) is 0 Å². The summed E-state index contributed by atoms with van der Waals surface area (Å²) in [5.41, 5.74) is 3.04. The number of benzene rings is 2. The number of hydrogen-bond donors (Lipinski definition) is 2. The van der Waals surface area contributed by atoms with E-state index in [4.69, 9.17) is 0 Å². The number of aryl methyl sites for hydroxylation is 1. The van der Waals surface area contributed by atoms with Crippen molar-refractivity contribution in [3.63, 3.8) is 0 Å². The first kappa shape index (κ1) is 25.8. The lowest BCUT2D eigenvalue weighted by molar-refractivity contribution is 0.0629. The van der Waals surface area contributed by atoms with Crippen LogP contribution in [0.2, 0.25) is 0 Å². The number of carbonyl (C=O) groups excluding carboxylic acids is 1. The molecule has 196 valence electrons. The third-order valence-corrected chi connectivity index (χ3v) is 8.36. The van der Waals surface area contributed by atoms with Crippen LogP contribution in [0.15, 0.2) is 83.9 Å². The van der Waals surface area contributed by atoms with E-state index in [2.05, 4.69) is 14.7 Å². The van der Waals surface area contributed by atoms with E-state index < -0.39 is 16.1 Å². The number of nitrogens with zero attached hydrogens (tertiary/aromatic N) is 3. The van der Waals surface area contributed by atoms with E-state index in [1.165, 1.54) is 6.07 Å². The standard InChI is InChI=1S/C29H30N4O4S/c1-20-6-2-10-25(31-20)24-9-5-18-33(19-16-26(24)34)29(35)22-12-14-23(15-13-22)32-38(36,37)27-11-3-7-21-8-4-17-30-28(21)27/h2-4,6-8,10-15,17,24,26,32,34H,5,9,16,18-19H2,1H3. The van der Waals surface area contributed by atoms with Crippen molar-refractivity contribution < 1.29 is 18.3 Å². The molecule has 0 saturated carbocycles. The molecule has 0 aliphatic carbocycles. The Balaban J connectivity index is 1.25. The molecule has 0 spiro atoms. The van der Waals surface area contributed by atoms with Gasteiger partial charge >= 0.3 is 0 Å². The quantitative estimate of drug-likeness (QED) is 0.393. The zero-order valence-corrected chi connectivity index (χ0v) is 21.9. The number of amides is 1.